The summed E-state index contributed by atoms with van der Waals surface area (Å²) in [4.78, 5) is 18.2. The highest BCUT2D eigenvalue weighted by Crippen LogP contribution is 2.18. The second-order valence-corrected chi connectivity index (χ2v) is 5.27. The number of halogens is 1. The largest absolute Gasteiger partial charge is 0.354 e. The quantitative estimate of drug-likeness (QED) is 0.782. The summed E-state index contributed by atoms with van der Waals surface area (Å²) in [5.41, 5.74) is 2.44. The average molecular weight is 321 g/mol. The summed E-state index contributed by atoms with van der Waals surface area (Å²) >= 11 is 0. The first-order chi connectivity index (χ1) is 11.6. The summed E-state index contributed by atoms with van der Waals surface area (Å²) < 4.78 is 13.2. The molecule has 0 aliphatic rings. The van der Waals surface area contributed by atoms with Crippen molar-refractivity contribution < 1.29 is 9.18 Å². The van der Waals surface area contributed by atoms with Crippen molar-refractivity contribution in [2.45, 2.75) is 0 Å². The number of nitrogens with one attached hydrogen (secondary N) is 1. The van der Waals surface area contributed by atoms with E-state index in [9.17, 15) is 9.18 Å². The number of aromatic nitrogens is 1. The van der Waals surface area contributed by atoms with Gasteiger partial charge in [0.15, 0.2) is 0 Å². The van der Waals surface area contributed by atoms with Crippen molar-refractivity contribution in [2.24, 2.45) is 0 Å². The Morgan fingerprint density at radius 1 is 1.00 bits per heavy atom. The van der Waals surface area contributed by atoms with Crippen molar-refractivity contribution in [3.63, 3.8) is 0 Å². The summed E-state index contributed by atoms with van der Waals surface area (Å²) in [6, 6.07) is 18.9. The molecule has 3 aromatic rings. The monoisotopic (exact) mass is 321 g/mol. The van der Waals surface area contributed by atoms with E-state index >= 15 is 0 Å². The number of hydrogen-bond donors (Lipinski definition) is 1. The molecule has 0 aliphatic heterocycles. The Balaban J connectivity index is 1.73. The Bertz CT molecular complexity index is 835. The third-order valence-corrected chi connectivity index (χ3v) is 3.54. The molecule has 0 aliphatic carbocycles. The molecule has 0 bridgehead atoms. The van der Waals surface area contributed by atoms with Crippen LogP contribution in [-0.2, 0) is 0 Å². The van der Waals surface area contributed by atoms with Gasteiger partial charge in [0.05, 0.1) is 11.9 Å². The minimum absolute atomic E-state index is 0.196. The van der Waals surface area contributed by atoms with Gasteiger partial charge in [-0.05, 0) is 42.5 Å². The molecule has 5 heteroatoms. The van der Waals surface area contributed by atoms with E-state index in [1.807, 2.05) is 30.3 Å². The van der Waals surface area contributed by atoms with Crippen LogP contribution in [0.2, 0.25) is 0 Å². The number of carbonyl (C=O) groups excluding carboxylic acids is 1. The lowest BCUT2D eigenvalue weighted by Crippen LogP contribution is -2.26. The molecule has 0 fully saturated rings. The van der Waals surface area contributed by atoms with Crippen LogP contribution in [0, 0.1) is 5.82 Å². The van der Waals surface area contributed by atoms with Gasteiger partial charge in [0, 0.05) is 18.4 Å². The molecule has 120 valence electrons. The maximum atomic E-state index is 13.2. The fourth-order valence-corrected chi connectivity index (χ4v) is 2.27. The predicted molar refractivity (Wildman–Crippen MR) is 93.1 cm³/mol. The third kappa shape index (κ3) is 3.57. The summed E-state index contributed by atoms with van der Waals surface area (Å²) in [6.07, 6.45) is 1.55. The lowest BCUT2D eigenvalue weighted by molar-refractivity contribution is 0.0988. The van der Waals surface area contributed by atoms with Crippen molar-refractivity contribution in [3.05, 3.63) is 84.4 Å². The van der Waals surface area contributed by atoms with E-state index in [0.717, 1.165) is 5.69 Å². The summed E-state index contributed by atoms with van der Waals surface area (Å²) in [5.74, 6) is -0.511. The number of nitrogens with zero attached hydrogens (tertiary/aromatic N) is 2. The molecule has 0 unspecified atom stereocenters. The van der Waals surface area contributed by atoms with E-state index in [-0.39, 0.29) is 11.7 Å². The fourth-order valence-electron chi connectivity index (χ4n) is 2.27. The Labute approximate surface area is 139 Å². The number of hydrogen-bond acceptors (Lipinski definition) is 3. The van der Waals surface area contributed by atoms with Gasteiger partial charge in [0.25, 0.3) is 5.91 Å². The second-order valence-electron chi connectivity index (χ2n) is 5.27. The zero-order valence-corrected chi connectivity index (χ0v) is 13.1. The predicted octanol–water partition coefficient (Wildman–Crippen LogP) is 4.24. The van der Waals surface area contributed by atoms with Gasteiger partial charge in [-0.1, -0.05) is 24.3 Å². The topological polar surface area (TPSA) is 45.2 Å². The molecule has 2 aromatic carbocycles. The second kappa shape index (κ2) is 6.91. The first-order valence-electron chi connectivity index (χ1n) is 7.45. The summed E-state index contributed by atoms with van der Waals surface area (Å²) in [6.45, 7) is 0. The van der Waals surface area contributed by atoms with Crippen molar-refractivity contribution in [2.75, 3.05) is 17.3 Å². The fraction of sp³-hybridized carbons (Fsp3) is 0.0526. The molecule has 1 N–H and O–H groups in total. The Kier molecular flexibility index (Phi) is 4.52. The Morgan fingerprint density at radius 2 is 1.79 bits per heavy atom. The highest BCUT2D eigenvalue weighted by atomic mass is 19.1. The molecular weight excluding hydrogens is 305 g/mol. The molecule has 3 rings (SSSR count). The van der Waals surface area contributed by atoms with Crippen molar-refractivity contribution in [3.8, 4) is 0 Å². The van der Waals surface area contributed by atoms with Gasteiger partial charge >= 0.3 is 0 Å². The minimum atomic E-state index is -0.316. The number of rotatable bonds is 4. The lowest BCUT2D eigenvalue weighted by Gasteiger charge is -2.16. The van der Waals surface area contributed by atoms with Crippen molar-refractivity contribution >= 4 is 23.0 Å². The van der Waals surface area contributed by atoms with Gasteiger partial charge < -0.3 is 10.2 Å². The highest BCUT2D eigenvalue weighted by molar-refractivity contribution is 6.04. The van der Waals surface area contributed by atoms with E-state index in [0.29, 0.717) is 17.1 Å². The first kappa shape index (κ1) is 15.7. The van der Waals surface area contributed by atoms with Crippen LogP contribution >= 0.6 is 0 Å². The standard InChI is InChI=1S/C19H16FN3O/c1-23(17-8-3-2-4-9-17)19(24)18-11-10-16(13-21-18)22-15-7-5-6-14(20)12-15/h2-13,22H,1H3. The number of pyridine rings is 1. The molecule has 0 saturated carbocycles. The molecule has 0 atom stereocenters. The number of benzene rings is 2. The smallest absolute Gasteiger partial charge is 0.276 e. The normalized spacial score (nSPS) is 10.2. The molecule has 0 spiro atoms. The zero-order chi connectivity index (χ0) is 16.9. The molecule has 1 amide bonds. The van der Waals surface area contributed by atoms with Crippen LogP contribution < -0.4 is 10.2 Å². The van der Waals surface area contributed by atoms with Crippen LogP contribution in [0.5, 0.6) is 0 Å². The van der Waals surface area contributed by atoms with Crippen LogP contribution in [0.25, 0.3) is 0 Å². The van der Waals surface area contributed by atoms with Crippen molar-refractivity contribution in [1.29, 1.82) is 0 Å². The van der Waals surface area contributed by atoms with Crippen LogP contribution in [-0.4, -0.2) is 17.9 Å². The van der Waals surface area contributed by atoms with Crippen LogP contribution in [0.1, 0.15) is 10.5 Å². The van der Waals surface area contributed by atoms with E-state index < -0.39 is 0 Å². The van der Waals surface area contributed by atoms with Gasteiger partial charge in [-0.2, -0.15) is 0 Å². The molecule has 1 heterocycles. The number of anilines is 3. The van der Waals surface area contributed by atoms with Gasteiger partial charge in [0.1, 0.15) is 11.5 Å². The van der Waals surface area contributed by atoms with Crippen LogP contribution in [0.15, 0.2) is 72.9 Å². The van der Waals surface area contributed by atoms with Crippen LogP contribution in [0.4, 0.5) is 21.5 Å². The zero-order valence-electron chi connectivity index (χ0n) is 13.1. The molecular formula is C19H16FN3O. The molecule has 1 aromatic heterocycles. The summed E-state index contributed by atoms with van der Waals surface area (Å²) in [7, 11) is 1.71. The van der Waals surface area contributed by atoms with Crippen molar-refractivity contribution in [1.82, 2.24) is 4.98 Å². The molecule has 24 heavy (non-hydrogen) atoms. The average Bonchev–Trinajstić information content (AvgIpc) is 2.62. The van der Waals surface area contributed by atoms with Crippen LogP contribution in [0.3, 0.4) is 0 Å². The SMILES string of the molecule is CN(C(=O)c1ccc(Nc2cccc(F)c2)cn1)c1ccccc1. The van der Waals surface area contributed by atoms with Gasteiger partial charge in [-0.3, -0.25) is 4.79 Å². The maximum Gasteiger partial charge on any atom is 0.276 e. The third-order valence-electron chi connectivity index (χ3n) is 3.54. The molecule has 0 saturated heterocycles. The molecule has 0 radical (unpaired) electrons. The Hall–Kier alpha value is -3.21. The maximum absolute atomic E-state index is 13.2. The number of amides is 1. The highest BCUT2D eigenvalue weighted by Gasteiger charge is 2.14. The molecule has 4 nitrogen and oxygen atoms in total. The summed E-state index contributed by atoms with van der Waals surface area (Å²) in [5, 5.41) is 3.04. The van der Waals surface area contributed by atoms with E-state index in [1.165, 1.54) is 12.1 Å². The van der Waals surface area contributed by atoms with Gasteiger partial charge in [-0.25, -0.2) is 9.37 Å². The first-order valence-corrected chi connectivity index (χ1v) is 7.45. The number of carbonyl (C=O) groups is 1. The number of para-hydroxylation sites is 1. The van der Waals surface area contributed by atoms with E-state index in [2.05, 4.69) is 10.3 Å². The Morgan fingerprint density at radius 3 is 2.46 bits per heavy atom. The van der Waals surface area contributed by atoms with Gasteiger partial charge in [0.2, 0.25) is 0 Å². The van der Waals surface area contributed by atoms with E-state index in [4.69, 9.17) is 0 Å². The minimum Gasteiger partial charge on any atom is -0.354 e. The van der Waals surface area contributed by atoms with Gasteiger partial charge in [-0.15, -0.1) is 0 Å². The lowest BCUT2D eigenvalue weighted by atomic mass is 10.2. The van der Waals surface area contributed by atoms with E-state index in [1.54, 1.807) is 42.4 Å².